The summed E-state index contributed by atoms with van der Waals surface area (Å²) in [5, 5.41) is 14.2. The van der Waals surface area contributed by atoms with Gasteiger partial charge in [-0.2, -0.15) is 4.98 Å². The first-order valence-electron chi connectivity index (χ1n) is 10.1. The third kappa shape index (κ3) is 4.01. The van der Waals surface area contributed by atoms with Gasteiger partial charge in [-0.15, -0.1) is 11.3 Å². The third-order valence-electron chi connectivity index (χ3n) is 5.93. The lowest BCUT2D eigenvalue weighted by Gasteiger charge is -2.26. The van der Waals surface area contributed by atoms with Crippen molar-refractivity contribution in [1.29, 1.82) is 0 Å². The van der Waals surface area contributed by atoms with Crippen LogP contribution in [0.25, 0.3) is 0 Å². The summed E-state index contributed by atoms with van der Waals surface area (Å²) in [4.78, 5) is 14.8. The Morgan fingerprint density at radius 3 is 2.90 bits per heavy atom. The van der Waals surface area contributed by atoms with E-state index in [9.17, 15) is 5.11 Å². The van der Waals surface area contributed by atoms with E-state index in [0.717, 1.165) is 24.1 Å². The van der Waals surface area contributed by atoms with Gasteiger partial charge in [-0.05, 0) is 37.0 Å². The molecule has 7 nitrogen and oxygen atoms in total. The van der Waals surface area contributed by atoms with Gasteiger partial charge in [0.25, 0.3) is 0 Å². The second-order valence-electron chi connectivity index (χ2n) is 8.28. The lowest BCUT2D eigenvalue weighted by atomic mass is 9.79. The van der Waals surface area contributed by atoms with Crippen LogP contribution in [-0.2, 0) is 15.8 Å². The number of nitrogens with two attached hydrogens (primary N) is 1. The molecule has 0 bridgehead atoms. The number of hydrogen-bond donors (Lipinski definition) is 2. The maximum absolute atomic E-state index is 11.3. The molecule has 1 aliphatic rings. The summed E-state index contributed by atoms with van der Waals surface area (Å²) in [5.41, 5.74) is 7.41. The smallest absolute Gasteiger partial charge is 0.222 e. The van der Waals surface area contributed by atoms with E-state index in [2.05, 4.69) is 32.8 Å². The van der Waals surface area contributed by atoms with Crippen LogP contribution in [0.3, 0.4) is 0 Å². The largest absolute Gasteiger partial charge is 0.385 e. The molecule has 0 aliphatic carbocycles. The van der Waals surface area contributed by atoms with E-state index in [0.29, 0.717) is 29.0 Å². The van der Waals surface area contributed by atoms with Crippen LogP contribution in [-0.4, -0.2) is 40.3 Å². The number of benzene rings is 1. The quantitative estimate of drug-likeness (QED) is 0.509. The van der Waals surface area contributed by atoms with E-state index in [1.807, 2.05) is 17.5 Å². The molecule has 1 aliphatic heterocycles. The van der Waals surface area contributed by atoms with E-state index >= 15 is 0 Å². The van der Waals surface area contributed by atoms with Crippen molar-refractivity contribution >= 4 is 40.4 Å². The zero-order valence-electron chi connectivity index (χ0n) is 17.8. The standard InChI is InChI=1S/C22H26ClN5O2S/c1-21(7-4-9-30-3)13-28(18-16(23)12-26-20(24)27-18)17-11-14(5-6-15(17)21)22(2,29)19-25-8-10-31-19/h5-6,8,10-12,29H,4,7,9,13H2,1-3H3,(H2,24,26,27)/t21-,22?/m1/s1. The minimum absolute atomic E-state index is 0.136. The van der Waals surface area contributed by atoms with E-state index in [4.69, 9.17) is 22.1 Å². The second-order valence-corrected chi connectivity index (χ2v) is 9.59. The molecule has 31 heavy (non-hydrogen) atoms. The third-order valence-corrected chi connectivity index (χ3v) is 7.18. The highest BCUT2D eigenvalue weighted by Gasteiger charge is 2.41. The number of methoxy groups -OCH3 is 1. The van der Waals surface area contributed by atoms with Gasteiger partial charge in [0.1, 0.15) is 15.6 Å². The maximum atomic E-state index is 11.3. The number of hydrogen-bond acceptors (Lipinski definition) is 8. The number of aliphatic hydroxyl groups is 1. The predicted molar refractivity (Wildman–Crippen MR) is 124 cm³/mol. The van der Waals surface area contributed by atoms with Crippen molar-refractivity contribution < 1.29 is 9.84 Å². The summed E-state index contributed by atoms with van der Waals surface area (Å²) in [6, 6.07) is 6.08. The minimum Gasteiger partial charge on any atom is -0.385 e. The molecule has 0 saturated carbocycles. The molecular weight excluding hydrogens is 434 g/mol. The van der Waals surface area contributed by atoms with Gasteiger partial charge < -0.3 is 20.5 Å². The van der Waals surface area contributed by atoms with Crippen LogP contribution in [0.4, 0.5) is 17.5 Å². The van der Waals surface area contributed by atoms with Gasteiger partial charge in [0.15, 0.2) is 5.82 Å². The predicted octanol–water partition coefficient (Wildman–Crippen LogP) is 4.26. The summed E-state index contributed by atoms with van der Waals surface area (Å²) in [5.74, 6) is 0.733. The van der Waals surface area contributed by atoms with Crippen molar-refractivity contribution in [1.82, 2.24) is 15.0 Å². The summed E-state index contributed by atoms with van der Waals surface area (Å²) in [7, 11) is 1.72. The highest BCUT2D eigenvalue weighted by atomic mass is 35.5. The Morgan fingerprint density at radius 1 is 1.39 bits per heavy atom. The number of thiazole rings is 1. The van der Waals surface area contributed by atoms with Crippen LogP contribution >= 0.6 is 22.9 Å². The first-order chi connectivity index (χ1) is 14.8. The molecule has 0 fully saturated rings. The molecule has 0 radical (unpaired) electrons. The molecule has 0 spiro atoms. The van der Waals surface area contributed by atoms with Crippen LogP contribution < -0.4 is 10.6 Å². The van der Waals surface area contributed by atoms with Crippen LogP contribution in [0.15, 0.2) is 36.0 Å². The highest BCUT2D eigenvalue weighted by molar-refractivity contribution is 7.09. The van der Waals surface area contributed by atoms with E-state index in [1.54, 1.807) is 20.2 Å². The monoisotopic (exact) mass is 459 g/mol. The van der Waals surface area contributed by atoms with Gasteiger partial charge in [-0.1, -0.05) is 30.7 Å². The number of aromatic nitrogens is 3. The Balaban J connectivity index is 1.82. The van der Waals surface area contributed by atoms with Gasteiger partial charge in [-0.25, -0.2) is 9.97 Å². The fraction of sp³-hybridized carbons (Fsp3) is 0.409. The Morgan fingerprint density at radius 2 is 2.19 bits per heavy atom. The number of fused-ring (bicyclic) bond motifs is 1. The summed E-state index contributed by atoms with van der Waals surface area (Å²) < 4.78 is 5.28. The zero-order valence-corrected chi connectivity index (χ0v) is 19.4. The molecule has 9 heteroatoms. The van der Waals surface area contributed by atoms with E-state index in [1.165, 1.54) is 23.1 Å². The first kappa shape index (κ1) is 22.0. The average molecular weight is 460 g/mol. The average Bonchev–Trinajstić information content (AvgIpc) is 3.38. The highest BCUT2D eigenvalue weighted by Crippen LogP contribution is 2.49. The number of halogens is 1. The molecule has 4 rings (SSSR count). The number of nitrogens with zero attached hydrogens (tertiary/aromatic N) is 4. The van der Waals surface area contributed by atoms with Gasteiger partial charge >= 0.3 is 0 Å². The summed E-state index contributed by atoms with van der Waals surface area (Å²) in [6.07, 6.45) is 5.09. The van der Waals surface area contributed by atoms with Crippen molar-refractivity contribution in [2.45, 2.75) is 37.7 Å². The zero-order chi connectivity index (χ0) is 22.2. The van der Waals surface area contributed by atoms with Crippen LogP contribution in [0.1, 0.15) is 42.8 Å². The molecule has 3 heterocycles. The Bertz CT molecular complexity index is 1080. The maximum Gasteiger partial charge on any atom is 0.222 e. The molecule has 3 aromatic rings. The molecule has 164 valence electrons. The number of anilines is 3. The van der Waals surface area contributed by atoms with Crippen molar-refractivity contribution in [3.8, 4) is 0 Å². The Hall–Kier alpha value is -2.26. The second kappa shape index (κ2) is 8.35. The topological polar surface area (TPSA) is 97.4 Å². The Labute approximate surface area is 190 Å². The van der Waals surface area contributed by atoms with Gasteiger partial charge in [0.2, 0.25) is 5.95 Å². The fourth-order valence-corrected chi connectivity index (χ4v) is 5.16. The summed E-state index contributed by atoms with van der Waals surface area (Å²) in [6.45, 7) is 5.38. The first-order valence-corrected chi connectivity index (χ1v) is 11.3. The molecule has 2 atom stereocenters. The van der Waals surface area contributed by atoms with E-state index < -0.39 is 5.60 Å². The van der Waals surface area contributed by atoms with Crippen molar-refractivity contribution in [3.63, 3.8) is 0 Å². The Kier molecular flexibility index (Phi) is 5.91. The SMILES string of the molecule is COCCC[C@]1(C)CN(c2nc(N)ncc2Cl)c2cc(C(C)(O)c3nccs3)ccc21. The van der Waals surface area contributed by atoms with Crippen LogP contribution in [0, 0.1) is 0 Å². The lowest BCUT2D eigenvalue weighted by Crippen LogP contribution is -2.29. The van der Waals surface area contributed by atoms with Crippen LogP contribution in [0.2, 0.25) is 5.02 Å². The van der Waals surface area contributed by atoms with Gasteiger partial charge in [0.05, 0.1) is 6.20 Å². The molecule has 0 amide bonds. The van der Waals surface area contributed by atoms with Gasteiger partial charge in [0, 0.05) is 42.9 Å². The lowest BCUT2D eigenvalue weighted by molar-refractivity contribution is 0.102. The molecule has 0 saturated heterocycles. The van der Waals surface area contributed by atoms with Crippen molar-refractivity contribution in [2.24, 2.45) is 0 Å². The molecule has 1 unspecified atom stereocenters. The molecule has 3 N–H and O–H groups in total. The van der Waals surface area contributed by atoms with E-state index in [-0.39, 0.29) is 11.4 Å². The molecule has 1 aromatic carbocycles. The van der Waals surface area contributed by atoms with Crippen molar-refractivity contribution in [3.05, 3.63) is 57.1 Å². The number of nitrogen functional groups attached to an aromatic ring is 1. The minimum atomic E-state index is -1.21. The normalized spacial score (nSPS) is 20.0. The van der Waals surface area contributed by atoms with Gasteiger partial charge in [-0.3, -0.25) is 0 Å². The fourth-order valence-electron chi connectivity index (χ4n) is 4.24. The molecule has 2 aromatic heterocycles. The number of rotatable bonds is 7. The van der Waals surface area contributed by atoms with Crippen molar-refractivity contribution in [2.75, 3.05) is 30.9 Å². The number of ether oxygens (including phenoxy) is 1. The van der Waals surface area contributed by atoms with Crippen LogP contribution in [0.5, 0.6) is 0 Å². The summed E-state index contributed by atoms with van der Waals surface area (Å²) >= 11 is 7.90. The molecular formula is C22H26ClN5O2S.